The van der Waals surface area contributed by atoms with Crippen molar-refractivity contribution in [3.63, 3.8) is 0 Å². The molecule has 1 saturated heterocycles. The summed E-state index contributed by atoms with van der Waals surface area (Å²) in [5.74, 6) is 0.282. The molecule has 2 heterocycles. The Bertz CT molecular complexity index is 1210. The van der Waals surface area contributed by atoms with Gasteiger partial charge in [-0.2, -0.15) is 0 Å². The highest BCUT2D eigenvalue weighted by atomic mass is 35.5. The Morgan fingerprint density at radius 1 is 1.18 bits per heavy atom. The second-order valence-electron chi connectivity index (χ2n) is 8.16. The highest BCUT2D eigenvalue weighted by molar-refractivity contribution is 6.33. The van der Waals surface area contributed by atoms with E-state index in [-0.39, 0.29) is 16.5 Å². The van der Waals surface area contributed by atoms with Gasteiger partial charge in [-0.1, -0.05) is 11.6 Å². The van der Waals surface area contributed by atoms with Crippen LogP contribution in [0.3, 0.4) is 0 Å². The average molecular weight is 474 g/mol. The van der Waals surface area contributed by atoms with E-state index >= 15 is 0 Å². The minimum atomic E-state index is -0.724. The number of carbonyl (C=O) groups is 1. The van der Waals surface area contributed by atoms with Crippen molar-refractivity contribution in [2.45, 2.75) is 32.3 Å². The fraction of sp³-hybridized carbons (Fsp3) is 0.360. The summed E-state index contributed by atoms with van der Waals surface area (Å²) < 4.78 is 29.9. The van der Waals surface area contributed by atoms with Gasteiger partial charge < -0.3 is 19.2 Å². The van der Waals surface area contributed by atoms with Gasteiger partial charge in [-0.3, -0.25) is 4.79 Å². The Labute approximate surface area is 195 Å². The van der Waals surface area contributed by atoms with Gasteiger partial charge in [0.2, 0.25) is 0 Å². The molecule has 33 heavy (non-hydrogen) atoms. The molecule has 0 saturated carbocycles. The average Bonchev–Trinajstić information content (AvgIpc) is 2.79. The third-order valence-electron chi connectivity index (χ3n) is 5.81. The normalized spacial score (nSPS) is 15.4. The molecule has 6 nitrogen and oxygen atoms in total. The smallest absolute Gasteiger partial charge is 0.336 e. The fourth-order valence-electron chi connectivity index (χ4n) is 3.98. The maximum Gasteiger partial charge on any atom is 0.336 e. The van der Waals surface area contributed by atoms with E-state index in [1.54, 1.807) is 25.1 Å². The predicted octanol–water partition coefficient (Wildman–Crippen LogP) is 4.95. The van der Waals surface area contributed by atoms with Crippen molar-refractivity contribution in [3.8, 4) is 16.9 Å². The number of amides is 1. The molecule has 1 aliphatic heterocycles. The van der Waals surface area contributed by atoms with E-state index in [1.807, 2.05) is 0 Å². The Balaban J connectivity index is 1.46. The van der Waals surface area contributed by atoms with Gasteiger partial charge in [-0.05, 0) is 62.4 Å². The van der Waals surface area contributed by atoms with Gasteiger partial charge in [0.05, 0.1) is 5.02 Å². The molecule has 0 bridgehead atoms. The molecule has 1 N–H and O–H groups in total. The zero-order valence-corrected chi connectivity index (χ0v) is 19.0. The van der Waals surface area contributed by atoms with Crippen LogP contribution in [0.2, 0.25) is 5.02 Å². The number of hydrogen-bond donors (Lipinski definition) is 1. The third-order valence-corrected chi connectivity index (χ3v) is 6.12. The van der Waals surface area contributed by atoms with Crippen molar-refractivity contribution in [3.05, 3.63) is 63.7 Å². The summed E-state index contributed by atoms with van der Waals surface area (Å²) in [7, 11) is 0. The molecule has 4 rings (SSSR count). The van der Waals surface area contributed by atoms with Crippen LogP contribution in [0.15, 0.2) is 51.7 Å². The fourth-order valence-corrected chi connectivity index (χ4v) is 4.25. The summed E-state index contributed by atoms with van der Waals surface area (Å²) in [6.07, 6.45) is 2.24. The van der Waals surface area contributed by atoms with Crippen LogP contribution in [-0.2, 0) is 9.53 Å². The lowest BCUT2D eigenvalue weighted by molar-refractivity contribution is -0.127. The molecule has 1 aliphatic rings. The SMILES string of the molecule is C[C@@H](Oc1ccc2c(-c3ccc(F)cc3Cl)cc(=O)oc2c1)C(=O)NCCC1CCOCC1. The van der Waals surface area contributed by atoms with Crippen LogP contribution >= 0.6 is 11.6 Å². The quantitative estimate of drug-likeness (QED) is 0.491. The molecule has 2 aromatic carbocycles. The lowest BCUT2D eigenvalue weighted by Crippen LogP contribution is -2.37. The van der Waals surface area contributed by atoms with Crippen molar-refractivity contribution in [2.24, 2.45) is 5.92 Å². The molecule has 0 aliphatic carbocycles. The summed E-state index contributed by atoms with van der Waals surface area (Å²) in [6.45, 7) is 3.82. The second-order valence-corrected chi connectivity index (χ2v) is 8.56. The van der Waals surface area contributed by atoms with Crippen LogP contribution in [0.5, 0.6) is 5.75 Å². The zero-order valence-electron chi connectivity index (χ0n) is 18.2. The Morgan fingerprint density at radius 2 is 1.97 bits per heavy atom. The highest BCUT2D eigenvalue weighted by Crippen LogP contribution is 2.34. The number of hydrogen-bond acceptors (Lipinski definition) is 5. The molecule has 0 radical (unpaired) electrons. The largest absolute Gasteiger partial charge is 0.481 e. The summed E-state index contributed by atoms with van der Waals surface area (Å²) in [5, 5.41) is 3.72. The lowest BCUT2D eigenvalue weighted by Gasteiger charge is -2.22. The second kappa shape index (κ2) is 10.4. The lowest BCUT2D eigenvalue weighted by atomic mass is 9.97. The van der Waals surface area contributed by atoms with E-state index < -0.39 is 17.5 Å². The summed E-state index contributed by atoms with van der Waals surface area (Å²) in [6, 6.07) is 10.3. The third kappa shape index (κ3) is 5.72. The van der Waals surface area contributed by atoms with Gasteiger partial charge in [0.25, 0.3) is 5.91 Å². The molecule has 1 aromatic heterocycles. The standard InChI is InChI=1S/C25H25ClFNO5/c1-15(25(30)28-9-6-16-7-10-31-11-8-16)32-18-3-5-20-21(14-24(29)33-23(20)13-18)19-4-2-17(27)12-22(19)26/h2-5,12-16H,6-11H2,1H3,(H,28,30)/t15-/m1/s1. The van der Waals surface area contributed by atoms with Gasteiger partial charge in [-0.15, -0.1) is 0 Å². The molecular formula is C25H25ClFNO5. The maximum absolute atomic E-state index is 13.4. The van der Waals surface area contributed by atoms with Crippen LogP contribution in [-0.4, -0.2) is 31.8 Å². The van der Waals surface area contributed by atoms with Crippen molar-refractivity contribution in [2.75, 3.05) is 19.8 Å². The van der Waals surface area contributed by atoms with Gasteiger partial charge >= 0.3 is 5.63 Å². The minimum absolute atomic E-state index is 0.188. The van der Waals surface area contributed by atoms with Crippen molar-refractivity contribution >= 4 is 28.5 Å². The van der Waals surface area contributed by atoms with Crippen LogP contribution < -0.4 is 15.7 Å². The van der Waals surface area contributed by atoms with E-state index in [0.29, 0.717) is 34.7 Å². The summed E-state index contributed by atoms with van der Waals surface area (Å²) in [4.78, 5) is 24.6. The molecule has 0 unspecified atom stereocenters. The number of fused-ring (bicyclic) bond motifs is 1. The van der Waals surface area contributed by atoms with Gasteiger partial charge in [0.15, 0.2) is 6.10 Å². The van der Waals surface area contributed by atoms with Gasteiger partial charge in [-0.25, -0.2) is 9.18 Å². The van der Waals surface area contributed by atoms with Crippen LogP contribution in [0, 0.1) is 11.7 Å². The molecule has 1 fully saturated rings. The number of halogens is 2. The first-order chi connectivity index (χ1) is 15.9. The van der Waals surface area contributed by atoms with Crippen LogP contribution in [0.1, 0.15) is 26.2 Å². The molecular weight excluding hydrogens is 449 g/mol. The van der Waals surface area contributed by atoms with Crippen molar-refractivity contribution < 1.29 is 23.1 Å². The summed E-state index contributed by atoms with van der Waals surface area (Å²) >= 11 is 6.19. The van der Waals surface area contributed by atoms with Crippen LogP contribution in [0.4, 0.5) is 4.39 Å². The summed E-state index contributed by atoms with van der Waals surface area (Å²) in [5.41, 5.74) is 0.745. The monoisotopic (exact) mass is 473 g/mol. The van der Waals surface area contributed by atoms with Gasteiger partial charge in [0.1, 0.15) is 17.1 Å². The minimum Gasteiger partial charge on any atom is -0.481 e. The number of rotatable bonds is 7. The number of benzene rings is 2. The number of carbonyl (C=O) groups excluding carboxylic acids is 1. The number of nitrogens with one attached hydrogen (secondary N) is 1. The molecule has 174 valence electrons. The zero-order chi connectivity index (χ0) is 23.4. The molecule has 1 amide bonds. The van der Waals surface area contributed by atoms with E-state index in [1.165, 1.54) is 24.3 Å². The predicted molar refractivity (Wildman–Crippen MR) is 124 cm³/mol. The van der Waals surface area contributed by atoms with Gasteiger partial charge in [0, 0.05) is 48.4 Å². The Hall–Kier alpha value is -2.90. The highest BCUT2D eigenvalue weighted by Gasteiger charge is 2.18. The molecule has 8 heteroatoms. The van der Waals surface area contributed by atoms with E-state index in [9.17, 15) is 14.0 Å². The van der Waals surface area contributed by atoms with Crippen molar-refractivity contribution in [1.82, 2.24) is 5.32 Å². The first kappa shape index (κ1) is 23.3. The van der Waals surface area contributed by atoms with E-state index in [0.717, 1.165) is 32.5 Å². The Kier molecular flexibility index (Phi) is 7.30. The molecule has 3 aromatic rings. The topological polar surface area (TPSA) is 77.8 Å². The van der Waals surface area contributed by atoms with E-state index in [4.69, 9.17) is 25.5 Å². The Morgan fingerprint density at radius 3 is 2.73 bits per heavy atom. The maximum atomic E-state index is 13.4. The molecule has 1 atom stereocenters. The first-order valence-corrected chi connectivity index (χ1v) is 11.3. The molecule has 0 spiro atoms. The number of ether oxygens (including phenoxy) is 2. The van der Waals surface area contributed by atoms with E-state index in [2.05, 4.69) is 5.32 Å². The van der Waals surface area contributed by atoms with Crippen LogP contribution in [0.25, 0.3) is 22.1 Å². The first-order valence-electron chi connectivity index (χ1n) is 11.0. The van der Waals surface area contributed by atoms with Crippen molar-refractivity contribution in [1.29, 1.82) is 0 Å².